The number of nitrogens with one attached hydrogen (secondary N) is 1. The molecule has 6 nitrogen and oxygen atoms in total. The van der Waals surface area contributed by atoms with Gasteiger partial charge in [0.15, 0.2) is 5.75 Å². The molecule has 21 heavy (non-hydrogen) atoms. The molecule has 2 aromatic rings. The van der Waals surface area contributed by atoms with E-state index in [2.05, 4.69) is 9.71 Å². The van der Waals surface area contributed by atoms with Gasteiger partial charge < -0.3 is 8.92 Å². The van der Waals surface area contributed by atoms with Crippen molar-refractivity contribution >= 4 is 10.3 Å². The number of rotatable bonds is 2. The Morgan fingerprint density at radius 3 is 2.95 bits per heavy atom. The fourth-order valence-corrected chi connectivity index (χ4v) is 2.96. The number of nitrogens with zero attached hydrogens (tertiary/aromatic N) is 1. The van der Waals surface area contributed by atoms with Crippen molar-refractivity contribution in [1.82, 2.24) is 9.71 Å². The first-order chi connectivity index (χ1) is 10.00. The van der Waals surface area contributed by atoms with Crippen LogP contribution in [0.2, 0.25) is 0 Å². The molecule has 0 amide bonds. The molecule has 0 radical (unpaired) electrons. The van der Waals surface area contributed by atoms with Gasteiger partial charge in [-0.3, -0.25) is 4.98 Å². The highest BCUT2D eigenvalue weighted by atomic mass is 32.2. The van der Waals surface area contributed by atoms with E-state index in [1.54, 1.807) is 6.07 Å². The van der Waals surface area contributed by atoms with Gasteiger partial charge >= 0.3 is 10.3 Å². The Morgan fingerprint density at radius 1 is 1.38 bits per heavy atom. The zero-order valence-corrected chi connectivity index (χ0v) is 11.8. The maximum absolute atomic E-state index is 13.8. The summed E-state index contributed by atoms with van der Waals surface area (Å²) in [7, 11) is -2.44. The van der Waals surface area contributed by atoms with E-state index in [-0.39, 0.29) is 12.3 Å². The van der Waals surface area contributed by atoms with E-state index in [1.807, 2.05) is 0 Å². The van der Waals surface area contributed by atoms with Crippen molar-refractivity contribution in [2.24, 2.45) is 0 Å². The van der Waals surface area contributed by atoms with Crippen molar-refractivity contribution in [3.8, 4) is 22.6 Å². The maximum atomic E-state index is 13.8. The lowest BCUT2D eigenvalue weighted by molar-refractivity contribution is 0.414. The Morgan fingerprint density at radius 2 is 2.19 bits per heavy atom. The van der Waals surface area contributed by atoms with Gasteiger partial charge in [-0.25, -0.2) is 4.39 Å². The van der Waals surface area contributed by atoms with Crippen LogP contribution >= 0.6 is 0 Å². The monoisotopic (exact) mass is 310 g/mol. The van der Waals surface area contributed by atoms with Crippen LogP contribution in [0.25, 0.3) is 11.1 Å². The summed E-state index contributed by atoms with van der Waals surface area (Å²) in [6.07, 6.45) is 2.97. The van der Waals surface area contributed by atoms with Gasteiger partial charge in [0.25, 0.3) is 0 Å². The Hall–Kier alpha value is -2.19. The molecule has 0 fully saturated rings. The van der Waals surface area contributed by atoms with Crippen LogP contribution in [-0.4, -0.2) is 20.5 Å². The standard InChI is InChI=1S/C13H11FN2O4S/c1-19-12-7-15-3-2-10(12)11-5-9(14)4-8-6-16-21(17,18)20-13(8)11/h2-5,7,16H,6H2,1H3. The Labute approximate surface area is 120 Å². The molecule has 110 valence electrons. The van der Waals surface area contributed by atoms with Gasteiger partial charge in [0.05, 0.1) is 13.3 Å². The second kappa shape index (κ2) is 4.97. The van der Waals surface area contributed by atoms with E-state index in [0.29, 0.717) is 22.4 Å². The van der Waals surface area contributed by atoms with Gasteiger partial charge in [0.1, 0.15) is 11.6 Å². The zero-order valence-electron chi connectivity index (χ0n) is 11.0. The topological polar surface area (TPSA) is 77.5 Å². The number of hydrogen-bond acceptors (Lipinski definition) is 5. The van der Waals surface area contributed by atoms with Crippen LogP contribution in [-0.2, 0) is 16.8 Å². The molecule has 1 aromatic carbocycles. The molecule has 0 atom stereocenters. The van der Waals surface area contributed by atoms with Crippen LogP contribution in [0.5, 0.6) is 11.5 Å². The van der Waals surface area contributed by atoms with Crippen LogP contribution in [0, 0.1) is 5.82 Å². The van der Waals surface area contributed by atoms with E-state index in [9.17, 15) is 12.8 Å². The highest BCUT2D eigenvalue weighted by Gasteiger charge is 2.27. The molecule has 1 aliphatic heterocycles. The third kappa shape index (κ3) is 2.55. The average molecular weight is 310 g/mol. The fourth-order valence-electron chi connectivity index (χ4n) is 2.15. The normalized spacial score (nSPS) is 15.9. The third-order valence-electron chi connectivity index (χ3n) is 3.06. The summed E-state index contributed by atoms with van der Waals surface area (Å²) in [5.74, 6) is -0.00297. The number of benzene rings is 1. The second-order valence-corrected chi connectivity index (χ2v) is 5.74. The summed E-state index contributed by atoms with van der Waals surface area (Å²) < 4.78 is 49.3. The van der Waals surface area contributed by atoms with Crippen molar-refractivity contribution in [2.45, 2.75) is 6.54 Å². The Balaban J connectivity index is 2.26. The van der Waals surface area contributed by atoms with Gasteiger partial charge in [-0.05, 0) is 18.2 Å². The molecule has 1 aliphatic rings. The lowest BCUT2D eigenvalue weighted by atomic mass is 10.0. The zero-order chi connectivity index (χ0) is 15.0. The molecule has 2 heterocycles. The average Bonchev–Trinajstić information content (AvgIpc) is 2.46. The van der Waals surface area contributed by atoms with Gasteiger partial charge in [-0.15, -0.1) is 0 Å². The predicted octanol–water partition coefficient (Wildman–Crippen LogP) is 1.62. The summed E-state index contributed by atoms with van der Waals surface area (Å²) in [5.41, 5.74) is 1.22. The first-order valence-electron chi connectivity index (χ1n) is 6.00. The van der Waals surface area contributed by atoms with E-state index in [4.69, 9.17) is 8.92 Å². The molecule has 0 spiro atoms. The Bertz CT molecular complexity index is 808. The van der Waals surface area contributed by atoms with E-state index >= 15 is 0 Å². The first kappa shape index (κ1) is 13.8. The third-order valence-corrected chi connectivity index (χ3v) is 3.94. The van der Waals surface area contributed by atoms with E-state index in [0.717, 1.165) is 0 Å². The van der Waals surface area contributed by atoms with Crippen LogP contribution in [0.15, 0.2) is 30.6 Å². The summed E-state index contributed by atoms with van der Waals surface area (Å²) >= 11 is 0. The summed E-state index contributed by atoms with van der Waals surface area (Å²) in [6.45, 7) is -0.0319. The van der Waals surface area contributed by atoms with Crippen LogP contribution in [0.4, 0.5) is 4.39 Å². The molecule has 0 saturated carbocycles. The Kier molecular flexibility index (Phi) is 3.26. The quantitative estimate of drug-likeness (QED) is 0.912. The van der Waals surface area contributed by atoms with Crippen LogP contribution in [0.1, 0.15) is 5.56 Å². The predicted molar refractivity (Wildman–Crippen MR) is 72.6 cm³/mol. The molecule has 1 aromatic heterocycles. The fraction of sp³-hybridized carbons (Fsp3) is 0.154. The maximum Gasteiger partial charge on any atom is 0.382 e. The molecule has 0 aliphatic carbocycles. The minimum Gasteiger partial charge on any atom is -0.494 e. The first-order valence-corrected chi connectivity index (χ1v) is 7.41. The lowest BCUT2D eigenvalue weighted by Crippen LogP contribution is -2.32. The van der Waals surface area contributed by atoms with E-state index < -0.39 is 16.1 Å². The molecule has 8 heteroatoms. The van der Waals surface area contributed by atoms with Gasteiger partial charge in [0.2, 0.25) is 0 Å². The summed E-state index contributed by atoms with van der Waals surface area (Å²) in [4.78, 5) is 3.91. The van der Waals surface area contributed by atoms with Crippen LogP contribution < -0.4 is 13.6 Å². The molecule has 0 bridgehead atoms. The minimum atomic E-state index is -3.89. The van der Waals surface area contributed by atoms with Crippen LogP contribution in [0.3, 0.4) is 0 Å². The molecular formula is C13H11FN2O4S. The highest BCUT2D eigenvalue weighted by molar-refractivity contribution is 7.85. The number of fused-ring (bicyclic) bond motifs is 1. The van der Waals surface area contributed by atoms with Crippen molar-refractivity contribution in [3.63, 3.8) is 0 Å². The second-order valence-electron chi connectivity index (χ2n) is 4.38. The van der Waals surface area contributed by atoms with Crippen molar-refractivity contribution < 1.29 is 21.7 Å². The SMILES string of the molecule is COc1cnccc1-c1cc(F)cc2c1OS(=O)(=O)NC2. The van der Waals surface area contributed by atoms with Gasteiger partial charge in [-0.1, -0.05) is 0 Å². The van der Waals surface area contributed by atoms with Gasteiger partial charge in [-0.2, -0.15) is 13.1 Å². The number of pyridine rings is 1. The molecule has 0 unspecified atom stereocenters. The molecule has 3 rings (SSSR count). The molecule has 1 N–H and O–H groups in total. The number of hydrogen-bond donors (Lipinski definition) is 1. The summed E-state index contributed by atoms with van der Waals surface area (Å²) in [5, 5.41) is 0. The van der Waals surface area contributed by atoms with Crippen molar-refractivity contribution in [3.05, 3.63) is 42.0 Å². The van der Waals surface area contributed by atoms with Crippen molar-refractivity contribution in [2.75, 3.05) is 7.11 Å². The van der Waals surface area contributed by atoms with Crippen molar-refractivity contribution in [1.29, 1.82) is 0 Å². The van der Waals surface area contributed by atoms with Gasteiger partial charge in [0, 0.05) is 29.4 Å². The molecule has 0 saturated heterocycles. The number of halogens is 1. The summed E-state index contributed by atoms with van der Waals surface area (Å²) in [6, 6.07) is 4.04. The number of aromatic nitrogens is 1. The largest absolute Gasteiger partial charge is 0.494 e. The molecular weight excluding hydrogens is 299 g/mol. The number of methoxy groups -OCH3 is 1. The lowest BCUT2D eigenvalue weighted by Gasteiger charge is -2.21. The smallest absolute Gasteiger partial charge is 0.382 e. The highest BCUT2D eigenvalue weighted by Crippen LogP contribution is 2.40. The van der Waals surface area contributed by atoms with E-state index in [1.165, 1.54) is 31.6 Å². The number of ether oxygens (including phenoxy) is 1. The minimum absolute atomic E-state index is 0.0319.